The third-order valence-electron chi connectivity index (χ3n) is 7.30. The highest BCUT2D eigenvalue weighted by Gasteiger charge is 2.15. The molecule has 0 bridgehead atoms. The van der Waals surface area contributed by atoms with Crippen LogP contribution in [-0.2, 0) is 0 Å². The Labute approximate surface area is 216 Å². The Balaban J connectivity index is 1.40. The first-order valence-corrected chi connectivity index (χ1v) is 12.7. The van der Waals surface area contributed by atoms with E-state index in [4.69, 9.17) is 0 Å². The van der Waals surface area contributed by atoms with Crippen LogP contribution in [0.1, 0.15) is 5.56 Å². The summed E-state index contributed by atoms with van der Waals surface area (Å²) in [6.45, 7) is 2.20. The van der Waals surface area contributed by atoms with Crippen LogP contribution in [0.25, 0.3) is 49.4 Å². The van der Waals surface area contributed by atoms with Gasteiger partial charge in [0.1, 0.15) is 0 Å². The van der Waals surface area contributed by atoms with E-state index >= 15 is 0 Å². The van der Waals surface area contributed by atoms with Crippen molar-refractivity contribution in [2.75, 3.05) is 5.32 Å². The Bertz CT molecular complexity index is 1890. The second-order valence-corrected chi connectivity index (χ2v) is 9.57. The number of rotatable bonds is 4. The standard InChI is InChI=1S/C35H26N2/c1-24-18-19-25-10-5-6-13-29(25)34(24)26-20-22-28(23-21-26)37-32-16-8-7-14-30(32)35-31(15-9-17-33(35)37)36-27-11-3-2-4-12-27/h2-23,36H,1H3. The molecule has 1 aromatic heterocycles. The van der Waals surface area contributed by atoms with Crippen LogP contribution in [0.5, 0.6) is 0 Å². The number of nitrogens with one attached hydrogen (secondary N) is 1. The molecule has 0 atom stereocenters. The molecule has 2 nitrogen and oxygen atoms in total. The molecule has 0 amide bonds. The second kappa shape index (κ2) is 8.69. The van der Waals surface area contributed by atoms with Crippen molar-refractivity contribution in [1.29, 1.82) is 0 Å². The van der Waals surface area contributed by atoms with Crippen LogP contribution < -0.4 is 5.32 Å². The van der Waals surface area contributed by atoms with Gasteiger partial charge in [-0.05, 0) is 76.9 Å². The molecule has 0 spiro atoms. The van der Waals surface area contributed by atoms with Gasteiger partial charge in [0.2, 0.25) is 0 Å². The smallest absolute Gasteiger partial charge is 0.0562 e. The second-order valence-electron chi connectivity index (χ2n) is 9.57. The molecule has 0 aliphatic rings. The largest absolute Gasteiger partial charge is 0.355 e. The molecule has 0 fully saturated rings. The van der Waals surface area contributed by atoms with Crippen LogP contribution in [0.3, 0.4) is 0 Å². The highest BCUT2D eigenvalue weighted by Crippen LogP contribution is 2.38. The van der Waals surface area contributed by atoms with Gasteiger partial charge in [-0.1, -0.05) is 91.0 Å². The number of benzene rings is 6. The number of nitrogens with zero attached hydrogens (tertiary/aromatic N) is 1. The van der Waals surface area contributed by atoms with Crippen molar-refractivity contribution in [3.63, 3.8) is 0 Å². The van der Waals surface area contributed by atoms with Gasteiger partial charge < -0.3 is 9.88 Å². The third-order valence-corrected chi connectivity index (χ3v) is 7.30. The summed E-state index contributed by atoms with van der Waals surface area (Å²) in [7, 11) is 0. The molecule has 1 N–H and O–H groups in total. The first kappa shape index (κ1) is 21.5. The van der Waals surface area contributed by atoms with Gasteiger partial charge in [0.15, 0.2) is 0 Å². The third kappa shape index (κ3) is 3.57. The van der Waals surface area contributed by atoms with Crippen LogP contribution in [0, 0.1) is 6.92 Å². The summed E-state index contributed by atoms with van der Waals surface area (Å²) < 4.78 is 2.38. The molecule has 7 rings (SSSR count). The highest BCUT2D eigenvalue weighted by molar-refractivity contribution is 6.15. The van der Waals surface area contributed by atoms with Crippen LogP contribution >= 0.6 is 0 Å². The van der Waals surface area contributed by atoms with Gasteiger partial charge in [0.05, 0.1) is 11.0 Å². The summed E-state index contributed by atoms with van der Waals surface area (Å²) in [5.41, 5.74) is 9.59. The lowest BCUT2D eigenvalue weighted by Crippen LogP contribution is -1.95. The lowest BCUT2D eigenvalue weighted by molar-refractivity contribution is 1.18. The average molecular weight is 475 g/mol. The van der Waals surface area contributed by atoms with E-state index < -0.39 is 0 Å². The van der Waals surface area contributed by atoms with E-state index in [1.165, 1.54) is 49.3 Å². The zero-order valence-electron chi connectivity index (χ0n) is 20.6. The summed E-state index contributed by atoms with van der Waals surface area (Å²) in [6.07, 6.45) is 0. The van der Waals surface area contributed by atoms with Gasteiger partial charge in [-0.3, -0.25) is 0 Å². The number of hydrogen-bond acceptors (Lipinski definition) is 1. The lowest BCUT2D eigenvalue weighted by Gasteiger charge is -2.13. The fourth-order valence-electron chi connectivity index (χ4n) is 5.62. The lowest BCUT2D eigenvalue weighted by atomic mass is 9.94. The quantitative estimate of drug-likeness (QED) is 0.269. The minimum Gasteiger partial charge on any atom is -0.355 e. The molecule has 0 aliphatic carbocycles. The van der Waals surface area contributed by atoms with Crippen molar-refractivity contribution in [3.8, 4) is 16.8 Å². The maximum absolute atomic E-state index is 3.64. The minimum absolute atomic E-state index is 1.08. The Morgan fingerprint density at radius 3 is 2.08 bits per heavy atom. The molecule has 0 unspecified atom stereocenters. The van der Waals surface area contributed by atoms with Gasteiger partial charge in [-0.25, -0.2) is 0 Å². The topological polar surface area (TPSA) is 17.0 Å². The molecule has 2 heteroatoms. The monoisotopic (exact) mass is 474 g/mol. The van der Waals surface area contributed by atoms with Crippen molar-refractivity contribution in [1.82, 2.24) is 4.57 Å². The van der Waals surface area contributed by atoms with Crippen molar-refractivity contribution in [2.24, 2.45) is 0 Å². The maximum Gasteiger partial charge on any atom is 0.0562 e. The fourth-order valence-corrected chi connectivity index (χ4v) is 5.62. The van der Waals surface area contributed by atoms with Gasteiger partial charge in [-0.2, -0.15) is 0 Å². The molecule has 7 aromatic rings. The van der Waals surface area contributed by atoms with Gasteiger partial charge in [-0.15, -0.1) is 0 Å². The van der Waals surface area contributed by atoms with Crippen LogP contribution in [0.4, 0.5) is 11.4 Å². The van der Waals surface area contributed by atoms with Crippen LogP contribution in [0.15, 0.2) is 133 Å². The summed E-state index contributed by atoms with van der Waals surface area (Å²) in [4.78, 5) is 0. The Hall–Kier alpha value is -4.82. The molecular formula is C35H26N2. The van der Waals surface area contributed by atoms with E-state index in [9.17, 15) is 0 Å². The predicted octanol–water partition coefficient (Wildman–Crippen LogP) is 9.66. The van der Waals surface area contributed by atoms with Crippen molar-refractivity contribution < 1.29 is 0 Å². The number of aryl methyl sites for hydroxylation is 1. The molecule has 0 radical (unpaired) electrons. The Kier molecular flexibility index (Phi) is 5.04. The first-order chi connectivity index (χ1) is 18.3. The van der Waals surface area contributed by atoms with E-state index in [1.54, 1.807) is 0 Å². The van der Waals surface area contributed by atoms with Crippen LogP contribution in [-0.4, -0.2) is 4.57 Å². The van der Waals surface area contributed by atoms with Gasteiger partial charge >= 0.3 is 0 Å². The normalized spacial score (nSPS) is 11.4. The van der Waals surface area contributed by atoms with E-state index in [1.807, 2.05) is 6.07 Å². The number of fused-ring (bicyclic) bond motifs is 4. The van der Waals surface area contributed by atoms with E-state index in [0.717, 1.165) is 17.1 Å². The fraction of sp³-hybridized carbons (Fsp3) is 0.0286. The first-order valence-electron chi connectivity index (χ1n) is 12.7. The highest BCUT2D eigenvalue weighted by atomic mass is 15.0. The molecule has 6 aromatic carbocycles. The average Bonchev–Trinajstić information content (AvgIpc) is 3.29. The number of aromatic nitrogens is 1. The van der Waals surface area contributed by atoms with Crippen LogP contribution in [0.2, 0.25) is 0 Å². The molecular weight excluding hydrogens is 448 g/mol. The van der Waals surface area contributed by atoms with Crippen molar-refractivity contribution in [3.05, 3.63) is 139 Å². The summed E-state index contributed by atoms with van der Waals surface area (Å²) in [5, 5.41) is 8.68. The van der Waals surface area contributed by atoms with Gasteiger partial charge in [0.25, 0.3) is 0 Å². The number of hydrogen-bond donors (Lipinski definition) is 1. The molecule has 176 valence electrons. The molecule has 1 heterocycles. The summed E-state index contributed by atoms with van der Waals surface area (Å²) in [5.74, 6) is 0. The zero-order valence-corrected chi connectivity index (χ0v) is 20.6. The molecule has 0 saturated heterocycles. The SMILES string of the molecule is Cc1ccc2ccccc2c1-c1ccc(-n2c3ccccc3c3c(Nc4ccccc4)cccc32)cc1. The Morgan fingerprint density at radius 2 is 1.24 bits per heavy atom. The molecule has 0 saturated carbocycles. The van der Waals surface area contributed by atoms with Crippen molar-refractivity contribution >= 4 is 44.0 Å². The molecule has 0 aliphatic heterocycles. The molecule has 37 heavy (non-hydrogen) atoms. The van der Waals surface area contributed by atoms with E-state index in [0.29, 0.717) is 0 Å². The number of para-hydroxylation sites is 2. The van der Waals surface area contributed by atoms with E-state index in [-0.39, 0.29) is 0 Å². The Morgan fingerprint density at radius 1 is 0.541 bits per heavy atom. The summed E-state index contributed by atoms with van der Waals surface area (Å²) >= 11 is 0. The van der Waals surface area contributed by atoms with E-state index in [2.05, 4.69) is 144 Å². The maximum atomic E-state index is 3.64. The van der Waals surface area contributed by atoms with Gasteiger partial charge in [0, 0.05) is 27.8 Å². The zero-order chi connectivity index (χ0) is 24.8. The number of anilines is 2. The minimum atomic E-state index is 1.08. The van der Waals surface area contributed by atoms with Crippen molar-refractivity contribution in [2.45, 2.75) is 6.92 Å². The summed E-state index contributed by atoms with van der Waals surface area (Å²) in [6, 6.07) is 47.7. The predicted molar refractivity (Wildman–Crippen MR) is 158 cm³/mol.